The summed E-state index contributed by atoms with van der Waals surface area (Å²) in [5.41, 5.74) is 0. The van der Waals surface area contributed by atoms with E-state index in [1.54, 1.807) is 14.2 Å². The van der Waals surface area contributed by atoms with Crippen molar-refractivity contribution in [3.63, 3.8) is 0 Å². The summed E-state index contributed by atoms with van der Waals surface area (Å²) in [6.07, 6.45) is 4.73. The summed E-state index contributed by atoms with van der Waals surface area (Å²) in [5, 5.41) is 0. The monoisotopic (exact) mass is 282 g/mol. The third-order valence-electron chi connectivity index (χ3n) is 4.21. The first kappa shape index (κ1) is 21.4. The molecule has 0 amide bonds. The van der Waals surface area contributed by atoms with Gasteiger partial charge in [0.05, 0.1) is 13.2 Å². The Kier molecular flexibility index (Phi) is 14.1. The molecule has 0 aromatic carbocycles. The van der Waals surface area contributed by atoms with Gasteiger partial charge in [-0.15, -0.1) is 0 Å². The van der Waals surface area contributed by atoms with E-state index in [1.165, 1.54) is 0 Å². The quantitative estimate of drug-likeness (QED) is 0.442. The Balaban J connectivity index is 0. The first-order valence-electron chi connectivity index (χ1n) is 6.68. The second kappa shape index (κ2) is 13.1. The van der Waals surface area contributed by atoms with Crippen LogP contribution in [0, 0.1) is 42.9 Å². The molecule has 4 nitrogen and oxygen atoms in total. The Morgan fingerprint density at radius 1 is 0.900 bits per heavy atom. The Morgan fingerprint density at radius 2 is 1.35 bits per heavy atom. The molecule has 0 saturated carbocycles. The molecule has 114 valence electrons. The fourth-order valence-corrected chi connectivity index (χ4v) is 2.77. The summed E-state index contributed by atoms with van der Waals surface area (Å²) in [6.45, 7) is 17.6. The van der Waals surface area contributed by atoms with Crippen molar-refractivity contribution in [2.45, 2.75) is 20.8 Å². The third kappa shape index (κ3) is 6.53. The van der Waals surface area contributed by atoms with Crippen molar-refractivity contribution in [3.8, 4) is 0 Å². The second-order valence-electron chi connectivity index (χ2n) is 5.21. The van der Waals surface area contributed by atoms with E-state index in [0.717, 1.165) is 19.1 Å². The molecule has 4 heteroatoms. The Hall–Kier alpha value is -0.860. The summed E-state index contributed by atoms with van der Waals surface area (Å²) in [5.74, 6) is 3.21. The average Bonchev–Trinajstić information content (AvgIpc) is 2.49. The predicted molar refractivity (Wildman–Crippen MR) is 75.2 cm³/mol. The molecule has 0 bridgehead atoms. The Bertz CT molecular complexity index is 283. The van der Waals surface area contributed by atoms with Gasteiger partial charge in [-0.2, -0.15) is 0 Å². The SMILES string of the molecule is COCC(COC)C1C=CC(C)C(C)C1C.[C-]#[O+].[C-]#[O+]. The Labute approximate surface area is 123 Å². The van der Waals surface area contributed by atoms with Crippen LogP contribution in [-0.4, -0.2) is 27.4 Å². The number of hydrogen-bond acceptors (Lipinski definition) is 2. The average molecular weight is 282 g/mol. The fraction of sp³-hybridized carbons (Fsp3) is 0.750. The van der Waals surface area contributed by atoms with Crippen molar-refractivity contribution >= 4 is 0 Å². The zero-order valence-electron chi connectivity index (χ0n) is 13.1. The van der Waals surface area contributed by atoms with Gasteiger partial charge in [0.1, 0.15) is 0 Å². The van der Waals surface area contributed by atoms with Gasteiger partial charge in [0.2, 0.25) is 0 Å². The first-order chi connectivity index (χ1) is 9.61. The molecule has 0 radical (unpaired) electrons. The van der Waals surface area contributed by atoms with Crippen LogP contribution in [0.5, 0.6) is 0 Å². The van der Waals surface area contributed by atoms with Crippen LogP contribution < -0.4 is 0 Å². The molecule has 0 fully saturated rings. The molecule has 20 heavy (non-hydrogen) atoms. The van der Waals surface area contributed by atoms with Gasteiger partial charge in [0.15, 0.2) is 0 Å². The van der Waals surface area contributed by atoms with Crippen LogP contribution in [-0.2, 0) is 18.8 Å². The molecule has 4 unspecified atom stereocenters. The van der Waals surface area contributed by atoms with Gasteiger partial charge < -0.3 is 9.47 Å². The van der Waals surface area contributed by atoms with E-state index in [0.29, 0.717) is 23.7 Å². The number of hydrogen-bond donors (Lipinski definition) is 0. The zero-order chi connectivity index (χ0) is 16.1. The molecular formula is C16H26O4. The first-order valence-corrected chi connectivity index (χ1v) is 6.68. The molecule has 0 saturated heterocycles. The molecule has 1 aliphatic rings. The summed E-state index contributed by atoms with van der Waals surface area (Å²) >= 11 is 0. The van der Waals surface area contributed by atoms with Gasteiger partial charge >= 0.3 is 22.6 Å². The number of ether oxygens (including phenoxy) is 2. The summed E-state index contributed by atoms with van der Waals surface area (Å²) < 4.78 is 25.6. The van der Waals surface area contributed by atoms with Gasteiger partial charge in [-0.1, -0.05) is 32.9 Å². The minimum absolute atomic E-state index is 0.483. The number of methoxy groups -OCH3 is 2. The van der Waals surface area contributed by atoms with Crippen LogP contribution in [0.3, 0.4) is 0 Å². The van der Waals surface area contributed by atoms with E-state index < -0.39 is 0 Å². The van der Waals surface area contributed by atoms with Gasteiger partial charge in [-0.3, -0.25) is 0 Å². The molecule has 4 atom stereocenters. The maximum atomic E-state index is 7.50. The molecular weight excluding hydrogens is 256 g/mol. The molecule has 0 N–H and O–H groups in total. The predicted octanol–water partition coefficient (Wildman–Crippen LogP) is 2.91. The maximum absolute atomic E-state index is 7.50. The number of rotatable bonds is 5. The van der Waals surface area contributed by atoms with E-state index in [2.05, 4.69) is 46.2 Å². The minimum atomic E-state index is 0.483. The van der Waals surface area contributed by atoms with Crippen molar-refractivity contribution < 1.29 is 18.8 Å². The molecule has 1 rings (SSSR count). The second-order valence-corrected chi connectivity index (χ2v) is 5.21. The van der Waals surface area contributed by atoms with Crippen LogP contribution in [0.15, 0.2) is 12.2 Å². The van der Waals surface area contributed by atoms with Crippen molar-refractivity contribution in [2.24, 2.45) is 29.6 Å². The van der Waals surface area contributed by atoms with Gasteiger partial charge in [-0.05, 0) is 23.7 Å². The van der Waals surface area contributed by atoms with Crippen LogP contribution in [0.2, 0.25) is 0 Å². The van der Waals surface area contributed by atoms with Gasteiger partial charge in [-0.25, -0.2) is 0 Å². The summed E-state index contributed by atoms with van der Waals surface area (Å²) in [4.78, 5) is 0. The van der Waals surface area contributed by atoms with E-state index >= 15 is 0 Å². The molecule has 0 aliphatic heterocycles. The van der Waals surface area contributed by atoms with E-state index in [-0.39, 0.29) is 0 Å². The Morgan fingerprint density at radius 3 is 1.75 bits per heavy atom. The van der Waals surface area contributed by atoms with Crippen LogP contribution in [0.4, 0.5) is 0 Å². The molecule has 0 heterocycles. The van der Waals surface area contributed by atoms with Crippen molar-refractivity contribution in [3.05, 3.63) is 25.5 Å². The van der Waals surface area contributed by atoms with Crippen LogP contribution >= 0.6 is 0 Å². The van der Waals surface area contributed by atoms with E-state index in [4.69, 9.17) is 18.8 Å². The van der Waals surface area contributed by atoms with Gasteiger partial charge in [0.25, 0.3) is 0 Å². The van der Waals surface area contributed by atoms with Crippen molar-refractivity contribution in [1.82, 2.24) is 0 Å². The summed E-state index contributed by atoms with van der Waals surface area (Å²) in [6, 6.07) is 0. The fourth-order valence-electron chi connectivity index (χ4n) is 2.77. The molecule has 0 aromatic rings. The third-order valence-corrected chi connectivity index (χ3v) is 4.21. The molecule has 1 aliphatic carbocycles. The molecule has 0 spiro atoms. The van der Waals surface area contributed by atoms with Crippen molar-refractivity contribution in [2.75, 3.05) is 27.4 Å². The van der Waals surface area contributed by atoms with Gasteiger partial charge in [0, 0.05) is 20.1 Å². The topological polar surface area (TPSA) is 58.3 Å². The zero-order valence-corrected chi connectivity index (χ0v) is 13.1. The van der Waals surface area contributed by atoms with E-state index in [9.17, 15) is 0 Å². The van der Waals surface area contributed by atoms with Crippen LogP contribution in [0.25, 0.3) is 0 Å². The standard InChI is InChI=1S/C14H26O2.2CO/c1-10-6-7-14(12(3)11(10)2)13(8-15-4)9-16-5;2*1-2/h6-7,10-14H,8-9H2,1-5H3;;. The van der Waals surface area contributed by atoms with Crippen molar-refractivity contribution in [1.29, 1.82) is 0 Å². The van der Waals surface area contributed by atoms with E-state index in [1.807, 2.05) is 0 Å². The normalized spacial score (nSPS) is 27.9. The summed E-state index contributed by atoms with van der Waals surface area (Å²) in [7, 11) is 3.54. The number of allylic oxidation sites excluding steroid dienone is 2. The van der Waals surface area contributed by atoms with Crippen LogP contribution in [0.1, 0.15) is 20.8 Å². The molecule has 0 aromatic heterocycles.